The third-order valence-corrected chi connectivity index (χ3v) is 1.24. The summed E-state index contributed by atoms with van der Waals surface area (Å²) >= 11 is 0. The predicted octanol–water partition coefficient (Wildman–Crippen LogP) is 0.542. The van der Waals surface area contributed by atoms with Crippen molar-refractivity contribution >= 4 is 18.3 Å². The van der Waals surface area contributed by atoms with E-state index >= 15 is 0 Å². The summed E-state index contributed by atoms with van der Waals surface area (Å²) in [5, 5.41) is 19.1. The van der Waals surface area contributed by atoms with Gasteiger partial charge in [0, 0.05) is 6.42 Å². The first kappa shape index (κ1) is 14.8. The van der Waals surface area contributed by atoms with Crippen molar-refractivity contribution in [2.24, 2.45) is 5.73 Å². The molecular formula is C8H11ClN4O. The van der Waals surface area contributed by atoms with Gasteiger partial charge in [-0.15, -0.1) is 12.4 Å². The van der Waals surface area contributed by atoms with Gasteiger partial charge >= 0.3 is 0 Å². The van der Waals surface area contributed by atoms with Gasteiger partial charge in [-0.25, -0.2) is 0 Å². The minimum absolute atomic E-state index is 0. The highest BCUT2D eigenvalue weighted by Gasteiger charge is 2.06. The number of nitrogens with one attached hydrogen (secondary N) is 1. The number of carbonyl (C=O) groups excluding carboxylic acids is 1. The predicted molar refractivity (Wildman–Crippen MR) is 52.7 cm³/mol. The van der Waals surface area contributed by atoms with Gasteiger partial charge in [0.05, 0.1) is 0 Å². The van der Waals surface area contributed by atoms with Crippen molar-refractivity contribution in [3.8, 4) is 12.1 Å². The number of nitriles is 2. The fourth-order valence-electron chi connectivity index (χ4n) is 0.640. The summed E-state index contributed by atoms with van der Waals surface area (Å²) in [7, 11) is 0. The maximum absolute atomic E-state index is 11.0. The Labute approximate surface area is 88.6 Å². The van der Waals surface area contributed by atoms with E-state index in [0.717, 1.165) is 0 Å². The zero-order valence-electron chi connectivity index (χ0n) is 7.70. The molecule has 0 fully saturated rings. The van der Waals surface area contributed by atoms with Crippen molar-refractivity contribution in [1.29, 1.82) is 10.5 Å². The molecule has 6 heteroatoms. The Morgan fingerprint density at radius 3 is 2.36 bits per heavy atom. The lowest BCUT2D eigenvalue weighted by molar-refractivity contribution is -0.120. The maximum atomic E-state index is 11.0. The molecule has 0 atom stereocenters. The molecule has 0 bridgehead atoms. The quantitative estimate of drug-likeness (QED) is 0.670. The van der Waals surface area contributed by atoms with Crippen LogP contribution in [0.25, 0.3) is 0 Å². The molecule has 0 aromatic heterocycles. The van der Waals surface area contributed by atoms with Crippen molar-refractivity contribution in [2.75, 3.05) is 0 Å². The highest BCUT2D eigenvalue weighted by Crippen LogP contribution is 1.94. The molecule has 0 heterocycles. The molecule has 3 N–H and O–H groups in total. The largest absolute Gasteiger partial charge is 0.388 e. The van der Waals surface area contributed by atoms with Gasteiger partial charge in [-0.3, -0.25) is 4.79 Å². The summed E-state index contributed by atoms with van der Waals surface area (Å²) in [6.45, 7) is 1.84. The van der Waals surface area contributed by atoms with Crippen molar-refractivity contribution < 1.29 is 4.79 Å². The normalized spacial score (nSPS) is 9.93. The molecule has 1 amide bonds. The Hall–Kier alpha value is -1.72. The van der Waals surface area contributed by atoms with Gasteiger partial charge in [-0.2, -0.15) is 10.5 Å². The van der Waals surface area contributed by atoms with Crippen LogP contribution in [0.3, 0.4) is 0 Å². The molecule has 0 aromatic rings. The van der Waals surface area contributed by atoms with Crippen LogP contribution in [-0.2, 0) is 4.79 Å². The zero-order chi connectivity index (χ0) is 10.3. The highest BCUT2D eigenvalue weighted by molar-refractivity contribution is 5.85. The summed E-state index contributed by atoms with van der Waals surface area (Å²) in [6, 6.07) is 3.23. The lowest BCUT2D eigenvalue weighted by atomic mass is 10.3. The van der Waals surface area contributed by atoms with Crippen molar-refractivity contribution in [1.82, 2.24) is 5.32 Å². The second kappa shape index (κ2) is 7.90. The molecule has 0 spiro atoms. The van der Waals surface area contributed by atoms with Crippen LogP contribution in [-0.4, -0.2) is 5.91 Å². The van der Waals surface area contributed by atoms with Crippen LogP contribution < -0.4 is 11.1 Å². The number of allylic oxidation sites excluding steroid dienone is 2. The molecule has 0 radical (unpaired) electrons. The average molecular weight is 215 g/mol. The molecule has 0 aromatic carbocycles. The van der Waals surface area contributed by atoms with Gasteiger partial charge in [0.2, 0.25) is 5.91 Å². The molecule has 0 aliphatic heterocycles. The lowest BCUT2D eigenvalue weighted by Gasteiger charge is -2.01. The molecule has 76 valence electrons. The van der Waals surface area contributed by atoms with Gasteiger partial charge in [-0.05, 0) is 6.42 Å². The smallest absolute Gasteiger partial charge is 0.224 e. The average Bonchev–Trinajstić information content (AvgIpc) is 2.13. The minimum atomic E-state index is -0.308. The monoisotopic (exact) mass is 214 g/mol. The Balaban J connectivity index is 0. The first-order chi connectivity index (χ1) is 6.15. The van der Waals surface area contributed by atoms with Crippen molar-refractivity contribution in [3.05, 3.63) is 11.4 Å². The van der Waals surface area contributed by atoms with Crippen LogP contribution in [0.4, 0.5) is 0 Å². The van der Waals surface area contributed by atoms with E-state index in [4.69, 9.17) is 16.3 Å². The van der Waals surface area contributed by atoms with Crippen LogP contribution in [0.1, 0.15) is 19.8 Å². The standard InChI is InChI=1S/C8H10N4O.ClH/c1-2-3-8(13)12-7(5-10)6(11)4-9;/h2-3,11H2,1H3,(H,12,13);1H/b7-6-;. The van der Waals surface area contributed by atoms with Gasteiger partial charge < -0.3 is 11.1 Å². The summed E-state index contributed by atoms with van der Waals surface area (Å²) in [5.41, 5.74) is 4.70. The number of nitrogens with zero attached hydrogens (tertiary/aromatic N) is 2. The van der Waals surface area contributed by atoms with E-state index in [9.17, 15) is 4.79 Å². The molecule has 0 saturated heterocycles. The Morgan fingerprint density at radius 2 is 2.00 bits per heavy atom. The van der Waals surface area contributed by atoms with Crippen molar-refractivity contribution in [3.63, 3.8) is 0 Å². The Morgan fingerprint density at radius 1 is 1.43 bits per heavy atom. The number of amides is 1. The van der Waals surface area contributed by atoms with Gasteiger partial charge in [-0.1, -0.05) is 6.92 Å². The van der Waals surface area contributed by atoms with Crippen LogP contribution in [0.2, 0.25) is 0 Å². The number of rotatable bonds is 3. The molecule has 0 saturated carbocycles. The fourth-order valence-corrected chi connectivity index (χ4v) is 0.640. The van der Waals surface area contributed by atoms with E-state index in [1.54, 1.807) is 12.1 Å². The molecule has 5 nitrogen and oxygen atoms in total. The van der Waals surface area contributed by atoms with Crippen LogP contribution in [0, 0.1) is 22.7 Å². The summed E-state index contributed by atoms with van der Waals surface area (Å²) in [5.74, 6) is -0.308. The van der Waals surface area contributed by atoms with E-state index in [1.807, 2.05) is 6.92 Å². The van der Waals surface area contributed by atoms with Gasteiger partial charge in [0.1, 0.15) is 17.8 Å². The third kappa shape index (κ3) is 5.02. The summed E-state index contributed by atoms with van der Waals surface area (Å²) in [6.07, 6.45) is 0.987. The number of hydrogen-bond acceptors (Lipinski definition) is 4. The fraction of sp³-hybridized carbons (Fsp3) is 0.375. The number of hydrogen-bond donors (Lipinski definition) is 2. The first-order valence-corrected chi connectivity index (χ1v) is 3.75. The third-order valence-electron chi connectivity index (χ3n) is 1.24. The number of nitrogens with two attached hydrogens (primary N) is 1. The Kier molecular flexibility index (Phi) is 8.35. The topological polar surface area (TPSA) is 103 Å². The number of halogens is 1. The second-order valence-corrected chi connectivity index (χ2v) is 2.31. The van der Waals surface area contributed by atoms with E-state index in [1.165, 1.54) is 0 Å². The molecule has 14 heavy (non-hydrogen) atoms. The summed E-state index contributed by atoms with van der Waals surface area (Å²) in [4.78, 5) is 11.0. The molecule has 0 aliphatic rings. The SMILES string of the molecule is CCCC(=O)N/C(C#N)=C(\N)C#N.Cl. The van der Waals surface area contributed by atoms with Crippen LogP contribution >= 0.6 is 12.4 Å². The Bertz CT molecular complexity index is 310. The molecule has 0 aliphatic carbocycles. The van der Waals surface area contributed by atoms with Crippen LogP contribution in [0.15, 0.2) is 11.4 Å². The van der Waals surface area contributed by atoms with Gasteiger partial charge in [0.15, 0.2) is 5.70 Å². The lowest BCUT2D eigenvalue weighted by Crippen LogP contribution is -2.24. The number of carbonyl (C=O) groups is 1. The summed E-state index contributed by atoms with van der Waals surface area (Å²) < 4.78 is 0. The maximum Gasteiger partial charge on any atom is 0.224 e. The minimum Gasteiger partial charge on any atom is -0.388 e. The van der Waals surface area contributed by atoms with E-state index in [2.05, 4.69) is 5.32 Å². The van der Waals surface area contributed by atoms with Crippen molar-refractivity contribution in [2.45, 2.75) is 19.8 Å². The second-order valence-electron chi connectivity index (χ2n) is 2.31. The molecule has 0 rings (SSSR count). The first-order valence-electron chi connectivity index (χ1n) is 3.75. The highest BCUT2D eigenvalue weighted by atomic mass is 35.5. The van der Waals surface area contributed by atoms with E-state index < -0.39 is 0 Å². The van der Waals surface area contributed by atoms with E-state index in [-0.39, 0.29) is 29.7 Å². The molecule has 0 unspecified atom stereocenters. The van der Waals surface area contributed by atoms with Gasteiger partial charge in [0.25, 0.3) is 0 Å². The van der Waals surface area contributed by atoms with E-state index in [0.29, 0.717) is 12.8 Å². The molecular weight excluding hydrogens is 204 g/mol. The zero-order valence-corrected chi connectivity index (χ0v) is 8.52. The van der Waals surface area contributed by atoms with Crippen LogP contribution in [0.5, 0.6) is 0 Å².